The van der Waals surface area contributed by atoms with E-state index in [4.69, 9.17) is 11.6 Å². The lowest BCUT2D eigenvalue weighted by Crippen LogP contribution is -2.37. The summed E-state index contributed by atoms with van der Waals surface area (Å²) in [6.45, 7) is 2.80. The number of hydrogen-bond acceptors (Lipinski definition) is 3. The van der Waals surface area contributed by atoms with Crippen LogP contribution in [0.3, 0.4) is 0 Å². The van der Waals surface area contributed by atoms with Crippen LogP contribution in [-0.4, -0.2) is 31.7 Å². The fourth-order valence-electron chi connectivity index (χ4n) is 2.83. The number of rotatable bonds is 5. The van der Waals surface area contributed by atoms with Crippen molar-refractivity contribution in [2.75, 3.05) is 13.1 Å². The van der Waals surface area contributed by atoms with E-state index in [1.54, 1.807) is 42.5 Å². The molecule has 0 unspecified atom stereocenters. The van der Waals surface area contributed by atoms with Gasteiger partial charge in [-0.05, 0) is 43.2 Å². The molecule has 2 aromatic rings. The lowest BCUT2D eigenvalue weighted by atomic mass is 10.1. The first kappa shape index (κ1) is 19.6. The first-order valence-electron chi connectivity index (χ1n) is 8.65. The van der Waals surface area contributed by atoms with E-state index in [0.29, 0.717) is 23.6 Å². The summed E-state index contributed by atoms with van der Waals surface area (Å²) in [5, 5.41) is 3.51. The van der Waals surface area contributed by atoms with Crippen LogP contribution in [0.15, 0.2) is 65.1 Å². The Kier molecular flexibility index (Phi) is 5.99. The summed E-state index contributed by atoms with van der Waals surface area (Å²) in [6, 6.07) is 14.0. The predicted octanol–water partition coefficient (Wildman–Crippen LogP) is 3.29. The number of carbonyl (C=O) groups is 1. The third-order valence-electron chi connectivity index (χ3n) is 4.49. The van der Waals surface area contributed by atoms with Crippen LogP contribution >= 0.6 is 11.6 Å². The molecule has 0 aliphatic carbocycles. The zero-order valence-electron chi connectivity index (χ0n) is 15.0. The first-order valence-corrected chi connectivity index (χ1v) is 10.5. The van der Waals surface area contributed by atoms with Crippen LogP contribution in [0.2, 0.25) is 5.02 Å². The van der Waals surface area contributed by atoms with Crippen molar-refractivity contribution in [3.8, 4) is 0 Å². The Bertz CT molecular complexity index is 952. The van der Waals surface area contributed by atoms with Gasteiger partial charge in [0, 0.05) is 30.2 Å². The smallest absolute Gasteiger partial charge is 0.247 e. The van der Waals surface area contributed by atoms with Gasteiger partial charge < -0.3 is 5.32 Å². The highest BCUT2D eigenvalue weighted by molar-refractivity contribution is 7.89. The van der Waals surface area contributed by atoms with Crippen LogP contribution in [0, 0.1) is 6.92 Å². The highest BCUT2D eigenvalue weighted by Gasteiger charge is 2.27. The minimum atomic E-state index is -3.54. The van der Waals surface area contributed by atoms with Crippen LogP contribution in [-0.2, 0) is 21.4 Å². The Balaban J connectivity index is 1.61. The van der Waals surface area contributed by atoms with E-state index < -0.39 is 10.0 Å². The summed E-state index contributed by atoms with van der Waals surface area (Å²) in [5.41, 5.74) is 2.57. The van der Waals surface area contributed by atoms with Crippen molar-refractivity contribution in [3.63, 3.8) is 0 Å². The molecule has 142 valence electrons. The zero-order chi connectivity index (χ0) is 19.4. The van der Waals surface area contributed by atoms with E-state index in [1.165, 1.54) is 4.31 Å². The molecule has 1 N–H and O–H groups in total. The zero-order valence-corrected chi connectivity index (χ0v) is 16.6. The van der Waals surface area contributed by atoms with Crippen molar-refractivity contribution < 1.29 is 13.2 Å². The van der Waals surface area contributed by atoms with Gasteiger partial charge in [0.2, 0.25) is 15.9 Å². The standard InChI is InChI=1S/C20H21ClN2O3S/c1-15-2-8-19(9-3-15)27(25,26)23-12-10-17(11-13-23)20(24)22-14-16-4-6-18(21)7-5-16/h2-10H,11-14H2,1H3,(H,22,24). The molecule has 1 aliphatic heterocycles. The molecular weight excluding hydrogens is 384 g/mol. The molecule has 27 heavy (non-hydrogen) atoms. The molecular formula is C20H21ClN2O3S. The van der Waals surface area contributed by atoms with E-state index in [1.807, 2.05) is 19.1 Å². The van der Waals surface area contributed by atoms with Crippen molar-refractivity contribution >= 4 is 27.5 Å². The lowest BCUT2D eigenvalue weighted by molar-refractivity contribution is -0.117. The summed E-state index contributed by atoms with van der Waals surface area (Å²) in [7, 11) is -3.54. The van der Waals surface area contributed by atoms with Gasteiger partial charge in [-0.2, -0.15) is 4.31 Å². The fraction of sp³-hybridized carbons (Fsp3) is 0.250. The highest BCUT2D eigenvalue weighted by atomic mass is 35.5. The van der Waals surface area contributed by atoms with E-state index in [2.05, 4.69) is 5.32 Å². The van der Waals surface area contributed by atoms with E-state index in [-0.39, 0.29) is 23.9 Å². The third-order valence-corrected chi connectivity index (χ3v) is 6.62. The minimum absolute atomic E-state index is 0.169. The van der Waals surface area contributed by atoms with Gasteiger partial charge >= 0.3 is 0 Å². The molecule has 0 fully saturated rings. The number of benzene rings is 2. The molecule has 0 aromatic heterocycles. The number of nitrogens with one attached hydrogen (secondary N) is 1. The molecule has 0 atom stereocenters. The van der Waals surface area contributed by atoms with Crippen molar-refractivity contribution in [1.29, 1.82) is 0 Å². The Morgan fingerprint density at radius 1 is 1.11 bits per heavy atom. The highest BCUT2D eigenvalue weighted by Crippen LogP contribution is 2.21. The molecule has 7 heteroatoms. The molecule has 2 aromatic carbocycles. The van der Waals surface area contributed by atoms with E-state index >= 15 is 0 Å². The van der Waals surface area contributed by atoms with Gasteiger partial charge in [-0.15, -0.1) is 0 Å². The number of nitrogens with zero attached hydrogens (tertiary/aromatic N) is 1. The van der Waals surface area contributed by atoms with Crippen LogP contribution < -0.4 is 5.32 Å². The van der Waals surface area contributed by atoms with Gasteiger partial charge in [-0.1, -0.05) is 47.5 Å². The number of carbonyl (C=O) groups excluding carboxylic acids is 1. The molecule has 1 aliphatic rings. The second kappa shape index (κ2) is 8.25. The number of aryl methyl sites for hydroxylation is 1. The van der Waals surface area contributed by atoms with Crippen LogP contribution in [0.4, 0.5) is 0 Å². The van der Waals surface area contributed by atoms with Gasteiger partial charge in [0.1, 0.15) is 0 Å². The predicted molar refractivity (Wildman–Crippen MR) is 106 cm³/mol. The molecule has 0 bridgehead atoms. The molecule has 0 saturated heterocycles. The maximum absolute atomic E-state index is 12.7. The molecule has 0 saturated carbocycles. The maximum atomic E-state index is 12.7. The van der Waals surface area contributed by atoms with Crippen molar-refractivity contribution in [3.05, 3.63) is 76.3 Å². The van der Waals surface area contributed by atoms with Gasteiger partial charge in [0.05, 0.1) is 4.90 Å². The normalized spacial score (nSPS) is 15.3. The second-order valence-corrected chi connectivity index (χ2v) is 8.84. The van der Waals surface area contributed by atoms with Gasteiger partial charge in [-0.3, -0.25) is 4.79 Å². The van der Waals surface area contributed by atoms with Crippen molar-refractivity contribution in [1.82, 2.24) is 9.62 Å². The molecule has 0 radical (unpaired) electrons. The molecule has 3 rings (SSSR count). The second-order valence-electron chi connectivity index (χ2n) is 6.46. The number of hydrogen-bond donors (Lipinski definition) is 1. The molecule has 5 nitrogen and oxygen atoms in total. The Labute approximate surface area is 164 Å². The first-order chi connectivity index (χ1) is 12.9. The average molecular weight is 405 g/mol. The number of halogens is 1. The Morgan fingerprint density at radius 3 is 2.37 bits per heavy atom. The number of sulfonamides is 1. The van der Waals surface area contributed by atoms with Gasteiger partial charge in [-0.25, -0.2) is 8.42 Å². The summed E-state index contributed by atoms with van der Waals surface area (Å²) in [6.07, 6.45) is 2.07. The van der Waals surface area contributed by atoms with Gasteiger partial charge in [0.15, 0.2) is 0 Å². The number of amides is 1. The third kappa shape index (κ3) is 4.77. The molecule has 0 spiro atoms. The molecule has 1 amide bonds. The van der Waals surface area contributed by atoms with Crippen LogP contribution in [0.1, 0.15) is 17.5 Å². The van der Waals surface area contributed by atoms with Crippen molar-refractivity contribution in [2.24, 2.45) is 0 Å². The topological polar surface area (TPSA) is 66.5 Å². The Morgan fingerprint density at radius 2 is 1.78 bits per heavy atom. The van der Waals surface area contributed by atoms with Gasteiger partial charge in [0.25, 0.3) is 0 Å². The Hall–Kier alpha value is -2.15. The average Bonchev–Trinajstić information content (AvgIpc) is 2.68. The summed E-state index contributed by atoms with van der Waals surface area (Å²) < 4.78 is 26.8. The lowest BCUT2D eigenvalue weighted by Gasteiger charge is -2.25. The SMILES string of the molecule is Cc1ccc(S(=O)(=O)N2CC=C(C(=O)NCc3ccc(Cl)cc3)CC2)cc1. The van der Waals surface area contributed by atoms with Crippen molar-refractivity contribution in [2.45, 2.75) is 24.8 Å². The quantitative estimate of drug-likeness (QED) is 0.831. The monoisotopic (exact) mass is 404 g/mol. The van der Waals surface area contributed by atoms with Crippen LogP contribution in [0.5, 0.6) is 0 Å². The summed E-state index contributed by atoms with van der Waals surface area (Å²) >= 11 is 5.85. The summed E-state index contributed by atoms with van der Waals surface area (Å²) in [5.74, 6) is -0.169. The summed E-state index contributed by atoms with van der Waals surface area (Å²) in [4.78, 5) is 12.6. The molecule has 1 heterocycles. The van der Waals surface area contributed by atoms with E-state index in [0.717, 1.165) is 11.1 Å². The fourth-order valence-corrected chi connectivity index (χ4v) is 4.34. The maximum Gasteiger partial charge on any atom is 0.247 e. The van der Waals surface area contributed by atoms with E-state index in [9.17, 15) is 13.2 Å². The minimum Gasteiger partial charge on any atom is -0.348 e. The van der Waals surface area contributed by atoms with Crippen LogP contribution in [0.25, 0.3) is 0 Å². The largest absolute Gasteiger partial charge is 0.348 e.